The van der Waals surface area contributed by atoms with Gasteiger partial charge in [-0.25, -0.2) is 19.9 Å². The predicted octanol–water partition coefficient (Wildman–Crippen LogP) is -2.99. The summed E-state index contributed by atoms with van der Waals surface area (Å²) in [6.07, 6.45) is 11.3. The number of nitrogens with zero attached hydrogens (tertiary/aromatic N) is 4. The lowest BCUT2D eigenvalue weighted by molar-refractivity contribution is -0.138. The smallest absolute Gasteiger partial charge is 0.322 e. The van der Waals surface area contributed by atoms with Crippen LogP contribution in [0, 0.1) is 0 Å². The average molecular weight is 666 g/mol. The van der Waals surface area contributed by atoms with Crippen molar-refractivity contribution in [3.63, 3.8) is 0 Å². The van der Waals surface area contributed by atoms with Crippen LogP contribution < -0.4 is 26.6 Å². The number of aromatic amines is 4. The molecule has 4 atom stereocenters. The molecule has 0 saturated carbocycles. The van der Waals surface area contributed by atoms with Gasteiger partial charge in [0.15, 0.2) is 0 Å². The van der Waals surface area contributed by atoms with Crippen molar-refractivity contribution in [3.8, 4) is 0 Å². The molecule has 5 amide bonds. The first kappa shape index (κ1) is 34.5. The molecule has 4 aromatic rings. The number of hydrogen-bond acceptors (Lipinski definition) is 10. The standard InChI is InChI=1S/C28H35N13O7/c1-15(42)38-21(3-17-7-30-12-35-17)26(46)40-23(5-19-9-32-14-37-19)28(48)41-22(4-18-8-31-13-36-18)27(47)39-20(2-16-6-29-11-34-16)25(45)33-10-24(43)44/h6-9,11-14,20-23H,2-5,10H2,1H3,(H,29,34)(H,30,35)(H,31,36)(H,32,37)(H,33,45)(H,38,42)(H,39,47)(H,40,46)(H,41,48)(H,43,44)/t20-,21-,22-,23-/m0/s1. The van der Waals surface area contributed by atoms with Crippen molar-refractivity contribution >= 4 is 35.5 Å². The molecule has 0 aliphatic carbocycles. The number of H-pyrrole nitrogens is 4. The number of carboxylic acid groups (broad SMARTS) is 1. The third-order valence-corrected chi connectivity index (χ3v) is 6.92. The molecule has 0 fully saturated rings. The monoisotopic (exact) mass is 665 g/mol. The molecule has 20 nitrogen and oxygen atoms in total. The second-order valence-corrected chi connectivity index (χ2v) is 10.7. The van der Waals surface area contributed by atoms with Gasteiger partial charge in [-0.1, -0.05) is 0 Å². The Bertz CT molecular complexity index is 1640. The van der Waals surface area contributed by atoms with E-state index < -0.39 is 66.2 Å². The zero-order valence-electron chi connectivity index (χ0n) is 25.6. The van der Waals surface area contributed by atoms with Crippen LogP contribution in [0.5, 0.6) is 0 Å². The summed E-state index contributed by atoms with van der Waals surface area (Å²) < 4.78 is 0. The van der Waals surface area contributed by atoms with Crippen LogP contribution in [0.1, 0.15) is 29.7 Å². The van der Waals surface area contributed by atoms with Gasteiger partial charge in [-0.2, -0.15) is 0 Å². The third-order valence-electron chi connectivity index (χ3n) is 6.92. The van der Waals surface area contributed by atoms with E-state index in [1.165, 1.54) is 57.0 Å². The minimum atomic E-state index is -1.30. The molecule has 0 aromatic carbocycles. The minimum Gasteiger partial charge on any atom is -0.480 e. The van der Waals surface area contributed by atoms with Gasteiger partial charge in [0.05, 0.1) is 25.3 Å². The molecule has 0 saturated heterocycles. The summed E-state index contributed by atoms with van der Waals surface area (Å²) in [5.74, 6) is -4.76. The van der Waals surface area contributed by atoms with Crippen LogP contribution in [0.2, 0.25) is 0 Å². The van der Waals surface area contributed by atoms with E-state index in [1.807, 2.05) is 0 Å². The van der Waals surface area contributed by atoms with Crippen LogP contribution in [-0.2, 0) is 54.5 Å². The number of aromatic nitrogens is 8. The van der Waals surface area contributed by atoms with E-state index in [2.05, 4.69) is 66.5 Å². The van der Waals surface area contributed by atoms with Gasteiger partial charge in [-0.3, -0.25) is 28.8 Å². The first-order valence-electron chi connectivity index (χ1n) is 14.6. The minimum absolute atomic E-state index is 0.0519. The van der Waals surface area contributed by atoms with Crippen molar-refractivity contribution in [3.05, 3.63) is 72.9 Å². The molecule has 0 aliphatic rings. The maximum Gasteiger partial charge on any atom is 0.322 e. The Morgan fingerprint density at radius 3 is 1.15 bits per heavy atom. The molecule has 4 heterocycles. The molecule has 48 heavy (non-hydrogen) atoms. The van der Waals surface area contributed by atoms with Crippen molar-refractivity contribution in [2.24, 2.45) is 0 Å². The van der Waals surface area contributed by atoms with Gasteiger partial charge in [-0.05, 0) is 0 Å². The topological polar surface area (TPSA) is 298 Å². The lowest BCUT2D eigenvalue weighted by Crippen LogP contribution is -2.59. The maximum absolute atomic E-state index is 13.8. The summed E-state index contributed by atoms with van der Waals surface area (Å²) in [5, 5.41) is 21.7. The molecular formula is C28H35N13O7. The summed E-state index contributed by atoms with van der Waals surface area (Å²) in [7, 11) is 0. The number of imidazole rings is 4. The summed E-state index contributed by atoms with van der Waals surface area (Å²) in [5.41, 5.74) is 2.00. The predicted molar refractivity (Wildman–Crippen MR) is 163 cm³/mol. The molecule has 0 radical (unpaired) electrons. The third kappa shape index (κ3) is 10.6. The molecule has 4 rings (SSSR count). The molecule has 0 spiro atoms. The second-order valence-electron chi connectivity index (χ2n) is 10.7. The number of nitrogens with one attached hydrogen (secondary N) is 9. The largest absolute Gasteiger partial charge is 0.480 e. The van der Waals surface area contributed by atoms with Gasteiger partial charge < -0.3 is 51.6 Å². The highest BCUT2D eigenvalue weighted by atomic mass is 16.4. The molecule has 0 unspecified atom stereocenters. The van der Waals surface area contributed by atoms with Crippen molar-refractivity contribution < 1.29 is 33.9 Å². The fourth-order valence-corrected chi connectivity index (χ4v) is 4.65. The number of carbonyl (C=O) groups is 6. The zero-order valence-corrected chi connectivity index (χ0v) is 25.6. The first-order chi connectivity index (χ1) is 23.1. The Morgan fingerprint density at radius 2 is 0.875 bits per heavy atom. The van der Waals surface area contributed by atoms with Crippen LogP contribution in [0.25, 0.3) is 0 Å². The van der Waals surface area contributed by atoms with Crippen molar-refractivity contribution in [2.75, 3.05) is 6.54 Å². The van der Waals surface area contributed by atoms with Crippen LogP contribution in [-0.4, -0.2) is 111 Å². The second kappa shape index (κ2) is 16.8. The van der Waals surface area contributed by atoms with E-state index in [4.69, 9.17) is 5.11 Å². The molecule has 254 valence electrons. The highest BCUT2D eigenvalue weighted by Crippen LogP contribution is 2.07. The van der Waals surface area contributed by atoms with Crippen LogP contribution in [0.3, 0.4) is 0 Å². The Kier molecular flexibility index (Phi) is 12.1. The Hall–Kier alpha value is -6.34. The Balaban J connectivity index is 1.55. The van der Waals surface area contributed by atoms with Crippen molar-refractivity contribution in [1.29, 1.82) is 0 Å². The summed E-state index contributed by atoms with van der Waals surface area (Å²) in [4.78, 5) is 104. The van der Waals surface area contributed by atoms with E-state index >= 15 is 0 Å². The van der Waals surface area contributed by atoms with Gasteiger partial charge >= 0.3 is 5.97 Å². The molecule has 0 aliphatic heterocycles. The van der Waals surface area contributed by atoms with E-state index in [0.717, 1.165) is 0 Å². The number of rotatable bonds is 18. The van der Waals surface area contributed by atoms with Crippen molar-refractivity contribution in [1.82, 2.24) is 66.5 Å². The lowest BCUT2D eigenvalue weighted by Gasteiger charge is -2.26. The zero-order chi connectivity index (χ0) is 34.5. The Morgan fingerprint density at radius 1 is 0.562 bits per heavy atom. The van der Waals surface area contributed by atoms with Crippen LogP contribution in [0.4, 0.5) is 0 Å². The normalized spacial score (nSPS) is 13.4. The lowest BCUT2D eigenvalue weighted by atomic mass is 10.1. The highest BCUT2D eigenvalue weighted by molar-refractivity contribution is 5.96. The number of hydrogen-bond donors (Lipinski definition) is 10. The quantitative estimate of drug-likeness (QED) is 0.0511. The average Bonchev–Trinajstić information content (AvgIpc) is 3.88. The summed E-state index contributed by atoms with van der Waals surface area (Å²) in [6.45, 7) is 0.569. The fraction of sp³-hybridized carbons (Fsp3) is 0.357. The van der Waals surface area contributed by atoms with E-state index in [-0.39, 0.29) is 25.7 Å². The van der Waals surface area contributed by atoms with Crippen LogP contribution in [0.15, 0.2) is 50.1 Å². The number of aliphatic carboxylic acids is 1. The number of carbonyl (C=O) groups excluding carboxylic acids is 5. The molecule has 0 bridgehead atoms. The molecule has 4 aromatic heterocycles. The van der Waals surface area contributed by atoms with Crippen molar-refractivity contribution in [2.45, 2.75) is 56.8 Å². The molecule has 10 N–H and O–H groups in total. The van der Waals surface area contributed by atoms with Gasteiger partial charge in [0, 0.05) is 80.2 Å². The van der Waals surface area contributed by atoms with Gasteiger partial charge in [0.1, 0.15) is 30.7 Å². The van der Waals surface area contributed by atoms with Crippen LogP contribution >= 0.6 is 0 Å². The van der Waals surface area contributed by atoms with Gasteiger partial charge in [-0.15, -0.1) is 0 Å². The summed E-state index contributed by atoms with van der Waals surface area (Å²) >= 11 is 0. The molecular weight excluding hydrogens is 630 g/mol. The fourth-order valence-electron chi connectivity index (χ4n) is 4.65. The number of amides is 5. The van der Waals surface area contributed by atoms with E-state index in [1.54, 1.807) is 0 Å². The Labute approximate surface area is 272 Å². The highest BCUT2D eigenvalue weighted by Gasteiger charge is 2.32. The van der Waals surface area contributed by atoms with E-state index in [0.29, 0.717) is 22.8 Å². The van der Waals surface area contributed by atoms with Gasteiger partial charge in [0.2, 0.25) is 29.5 Å². The first-order valence-corrected chi connectivity index (χ1v) is 14.6. The maximum atomic E-state index is 13.8. The van der Waals surface area contributed by atoms with E-state index in [9.17, 15) is 28.8 Å². The van der Waals surface area contributed by atoms with Gasteiger partial charge in [0.25, 0.3) is 0 Å². The number of carboxylic acids is 1. The summed E-state index contributed by atoms with van der Waals surface area (Å²) in [6, 6.07) is -4.88. The SMILES string of the molecule is CC(=O)N[C@@H](Cc1cnc[nH]1)C(=O)N[C@@H](Cc1cnc[nH]1)C(=O)N[C@@H](Cc1cnc[nH]1)C(=O)N[C@@H](Cc1cnc[nH]1)C(=O)NCC(=O)O. The molecule has 20 heteroatoms.